The fourth-order valence-electron chi connectivity index (χ4n) is 2.24. The largest absolute Gasteiger partial charge is 0.397 e. The van der Waals surface area contributed by atoms with Gasteiger partial charge in [-0.05, 0) is 31.0 Å². The van der Waals surface area contributed by atoms with Gasteiger partial charge in [-0.2, -0.15) is 5.26 Å². The Bertz CT molecular complexity index is 543. The minimum Gasteiger partial charge on any atom is -0.397 e. The summed E-state index contributed by atoms with van der Waals surface area (Å²) < 4.78 is 0. The molecule has 0 aliphatic heterocycles. The smallest absolute Gasteiger partial charge is 0.253 e. The third-order valence-corrected chi connectivity index (χ3v) is 3.45. The van der Waals surface area contributed by atoms with Crippen LogP contribution in [0.1, 0.15) is 29.6 Å². The van der Waals surface area contributed by atoms with E-state index in [2.05, 4.69) is 11.0 Å². The number of carbonyl (C=O) groups excluding carboxylic acids is 1. The number of benzene rings is 1. The predicted octanol–water partition coefficient (Wildman–Crippen LogP) is 1.85. The molecule has 1 aliphatic rings. The zero-order valence-electron chi connectivity index (χ0n) is 12.0. The first-order valence-corrected chi connectivity index (χ1v) is 6.79. The van der Waals surface area contributed by atoms with Gasteiger partial charge >= 0.3 is 0 Å². The molecule has 20 heavy (non-hydrogen) atoms. The first kappa shape index (κ1) is 14.2. The van der Waals surface area contributed by atoms with Crippen molar-refractivity contribution in [2.45, 2.75) is 25.3 Å². The molecule has 5 nitrogen and oxygen atoms in total. The lowest BCUT2D eigenvalue weighted by Gasteiger charge is -2.26. The Kier molecular flexibility index (Phi) is 4.14. The van der Waals surface area contributed by atoms with Crippen molar-refractivity contribution in [3.05, 3.63) is 23.8 Å². The van der Waals surface area contributed by atoms with Crippen LogP contribution in [0.15, 0.2) is 18.2 Å². The summed E-state index contributed by atoms with van der Waals surface area (Å²) in [5, 5.41) is 8.78. The average molecular weight is 272 g/mol. The van der Waals surface area contributed by atoms with Crippen molar-refractivity contribution in [2.75, 3.05) is 31.3 Å². The highest BCUT2D eigenvalue weighted by Gasteiger charge is 2.30. The Balaban J connectivity index is 2.31. The zero-order valence-corrected chi connectivity index (χ0v) is 12.0. The quantitative estimate of drug-likeness (QED) is 0.830. The van der Waals surface area contributed by atoms with Crippen LogP contribution in [-0.2, 0) is 0 Å². The fraction of sp³-hybridized carbons (Fsp3) is 0.467. The van der Waals surface area contributed by atoms with E-state index in [1.54, 1.807) is 31.1 Å². The first-order valence-electron chi connectivity index (χ1n) is 6.79. The Morgan fingerprint density at radius 3 is 2.70 bits per heavy atom. The summed E-state index contributed by atoms with van der Waals surface area (Å²) in [4.78, 5) is 15.7. The van der Waals surface area contributed by atoms with Crippen LogP contribution in [0.2, 0.25) is 0 Å². The van der Waals surface area contributed by atoms with E-state index in [0.717, 1.165) is 18.5 Å². The van der Waals surface area contributed by atoms with Crippen molar-refractivity contribution >= 4 is 17.3 Å². The molecule has 0 saturated heterocycles. The van der Waals surface area contributed by atoms with Crippen molar-refractivity contribution in [1.82, 2.24) is 4.90 Å². The summed E-state index contributed by atoms with van der Waals surface area (Å²) in [5.74, 6) is -0.0396. The van der Waals surface area contributed by atoms with Gasteiger partial charge in [-0.25, -0.2) is 0 Å². The van der Waals surface area contributed by atoms with Crippen molar-refractivity contribution < 1.29 is 4.79 Å². The van der Waals surface area contributed by atoms with Gasteiger partial charge < -0.3 is 15.5 Å². The van der Waals surface area contributed by atoms with E-state index in [9.17, 15) is 4.79 Å². The van der Waals surface area contributed by atoms with Crippen molar-refractivity contribution in [3.63, 3.8) is 0 Å². The van der Waals surface area contributed by atoms with E-state index in [1.165, 1.54) is 0 Å². The number of hydrogen-bond donors (Lipinski definition) is 1. The average Bonchev–Trinajstić information content (AvgIpc) is 3.24. The summed E-state index contributed by atoms with van der Waals surface area (Å²) >= 11 is 0. The van der Waals surface area contributed by atoms with Crippen LogP contribution in [0.5, 0.6) is 0 Å². The normalized spacial score (nSPS) is 13.7. The summed E-state index contributed by atoms with van der Waals surface area (Å²) in [5.41, 5.74) is 8.21. The highest BCUT2D eigenvalue weighted by atomic mass is 16.2. The third-order valence-electron chi connectivity index (χ3n) is 3.45. The predicted molar refractivity (Wildman–Crippen MR) is 79.5 cm³/mol. The number of nitriles is 1. The molecule has 1 saturated carbocycles. The fourth-order valence-corrected chi connectivity index (χ4v) is 2.24. The summed E-state index contributed by atoms with van der Waals surface area (Å²) in [6.07, 6.45) is 2.70. The van der Waals surface area contributed by atoms with Crippen LogP contribution in [0.4, 0.5) is 11.4 Å². The van der Waals surface area contributed by atoms with Crippen LogP contribution in [0, 0.1) is 11.3 Å². The zero-order chi connectivity index (χ0) is 14.7. The molecule has 1 aromatic carbocycles. The van der Waals surface area contributed by atoms with E-state index < -0.39 is 0 Å². The number of rotatable bonds is 5. The van der Waals surface area contributed by atoms with E-state index >= 15 is 0 Å². The van der Waals surface area contributed by atoms with Crippen LogP contribution >= 0.6 is 0 Å². The highest BCUT2D eigenvalue weighted by Crippen LogP contribution is 2.35. The molecule has 0 unspecified atom stereocenters. The van der Waals surface area contributed by atoms with Gasteiger partial charge in [-0.3, -0.25) is 4.79 Å². The second kappa shape index (κ2) is 5.83. The number of hydrogen-bond acceptors (Lipinski definition) is 4. The molecule has 0 aromatic heterocycles. The van der Waals surface area contributed by atoms with Crippen LogP contribution in [-0.4, -0.2) is 37.5 Å². The number of amides is 1. The Morgan fingerprint density at radius 2 is 2.15 bits per heavy atom. The lowest BCUT2D eigenvalue weighted by Crippen LogP contribution is -2.28. The van der Waals surface area contributed by atoms with Gasteiger partial charge in [0, 0.05) is 32.2 Å². The van der Waals surface area contributed by atoms with Gasteiger partial charge in [-0.1, -0.05) is 0 Å². The monoisotopic (exact) mass is 272 g/mol. The molecular formula is C15H20N4O. The van der Waals surface area contributed by atoms with Crippen LogP contribution in [0.25, 0.3) is 0 Å². The summed E-state index contributed by atoms with van der Waals surface area (Å²) in [6.45, 7) is 0.658. The standard InChI is InChI=1S/C15H20N4O/c1-18(2)15(20)11-4-7-13(17)14(10-11)19(9-3-8-16)12-5-6-12/h4,7,10,12H,3,5-6,9,17H2,1-2H3. The first-order chi connectivity index (χ1) is 9.54. The molecule has 5 heteroatoms. The van der Waals surface area contributed by atoms with Crippen LogP contribution in [0.3, 0.4) is 0 Å². The molecule has 1 aromatic rings. The van der Waals surface area contributed by atoms with Gasteiger partial charge in [0.05, 0.1) is 23.9 Å². The molecule has 2 rings (SSSR count). The Hall–Kier alpha value is -2.22. The molecule has 1 fully saturated rings. The minimum absolute atomic E-state index is 0.0396. The van der Waals surface area contributed by atoms with Gasteiger partial charge in [0.1, 0.15) is 0 Å². The maximum Gasteiger partial charge on any atom is 0.253 e. The molecule has 1 amide bonds. The maximum absolute atomic E-state index is 12.0. The number of nitrogen functional groups attached to an aromatic ring is 1. The van der Waals surface area contributed by atoms with Crippen molar-refractivity contribution in [2.24, 2.45) is 0 Å². The molecule has 0 bridgehead atoms. The molecule has 0 atom stereocenters. The lowest BCUT2D eigenvalue weighted by atomic mass is 10.1. The van der Waals surface area contributed by atoms with Gasteiger partial charge in [0.15, 0.2) is 0 Å². The second-order valence-corrected chi connectivity index (χ2v) is 5.31. The van der Waals surface area contributed by atoms with Crippen molar-refractivity contribution in [3.8, 4) is 6.07 Å². The third kappa shape index (κ3) is 3.02. The van der Waals surface area contributed by atoms with E-state index in [1.807, 2.05) is 6.07 Å². The number of anilines is 2. The lowest BCUT2D eigenvalue weighted by molar-refractivity contribution is 0.0827. The number of nitrogens with zero attached hydrogens (tertiary/aromatic N) is 3. The maximum atomic E-state index is 12.0. The van der Waals surface area contributed by atoms with E-state index in [0.29, 0.717) is 30.3 Å². The second-order valence-electron chi connectivity index (χ2n) is 5.31. The molecule has 1 aliphatic carbocycles. The molecule has 0 radical (unpaired) electrons. The van der Waals surface area contributed by atoms with E-state index in [4.69, 9.17) is 11.0 Å². The number of carbonyl (C=O) groups is 1. The minimum atomic E-state index is -0.0396. The summed E-state index contributed by atoms with van der Waals surface area (Å²) in [7, 11) is 3.46. The van der Waals surface area contributed by atoms with E-state index in [-0.39, 0.29) is 5.91 Å². The molecule has 2 N–H and O–H groups in total. The Labute approximate surface area is 119 Å². The molecule has 0 spiro atoms. The molecule has 106 valence electrons. The highest BCUT2D eigenvalue weighted by molar-refractivity contribution is 5.96. The molecular weight excluding hydrogens is 252 g/mol. The van der Waals surface area contributed by atoms with Gasteiger partial charge in [-0.15, -0.1) is 0 Å². The van der Waals surface area contributed by atoms with Crippen LogP contribution < -0.4 is 10.6 Å². The SMILES string of the molecule is CN(C)C(=O)c1ccc(N)c(N(CCC#N)C2CC2)c1. The topological polar surface area (TPSA) is 73.4 Å². The van der Waals surface area contributed by atoms with Gasteiger partial charge in [0.2, 0.25) is 0 Å². The Morgan fingerprint density at radius 1 is 1.45 bits per heavy atom. The molecule has 0 heterocycles. The van der Waals surface area contributed by atoms with Gasteiger partial charge in [0.25, 0.3) is 5.91 Å². The summed E-state index contributed by atoms with van der Waals surface area (Å²) in [6, 6.07) is 7.98. The number of nitrogens with two attached hydrogens (primary N) is 1. The van der Waals surface area contributed by atoms with Crippen molar-refractivity contribution in [1.29, 1.82) is 5.26 Å².